The molecule has 1 N–H and O–H groups in total. The number of benzene rings is 1. The van der Waals surface area contributed by atoms with Crippen molar-refractivity contribution in [3.63, 3.8) is 0 Å². The van der Waals surface area contributed by atoms with Gasteiger partial charge in [-0.15, -0.1) is 0 Å². The van der Waals surface area contributed by atoms with Crippen molar-refractivity contribution in [2.45, 2.75) is 53.2 Å². The fraction of sp³-hybridized carbons (Fsp3) is 0.647. The van der Waals surface area contributed by atoms with Crippen LogP contribution in [-0.2, 0) is 13.0 Å². The minimum atomic E-state index is 0.280. The molecule has 0 spiro atoms. The molecule has 2 unspecified atom stereocenters. The van der Waals surface area contributed by atoms with Gasteiger partial charge in [-0.3, -0.25) is 0 Å². The van der Waals surface area contributed by atoms with Crippen molar-refractivity contribution in [1.82, 2.24) is 5.32 Å². The van der Waals surface area contributed by atoms with E-state index in [0.717, 1.165) is 31.0 Å². The summed E-state index contributed by atoms with van der Waals surface area (Å²) in [4.78, 5) is 0. The molecule has 0 amide bonds. The van der Waals surface area contributed by atoms with Gasteiger partial charge >= 0.3 is 0 Å². The van der Waals surface area contributed by atoms with E-state index in [-0.39, 0.29) is 6.10 Å². The number of rotatable bonds is 7. The predicted molar refractivity (Wildman–Crippen MR) is 82.6 cm³/mol. The fourth-order valence-corrected chi connectivity index (χ4v) is 2.51. The summed E-state index contributed by atoms with van der Waals surface area (Å²) >= 11 is 0. The molecule has 0 saturated carbocycles. The van der Waals surface area contributed by atoms with Gasteiger partial charge in [-0.25, -0.2) is 0 Å². The van der Waals surface area contributed by atoms with Crippen LogP contribution < -0.4 is 14.8 Å². The Morgan fingerprint density at radius 3 is 2.90 bits per heavy atom. The van der Waals surface area contributed by atoms with Crippen LogP contribution >= 0.6 is 0 Å². The Kier molecular flexibility index (Phi) is 5.30. The van der Waals surface area contributed by atoms with E-state index in [0.29, 0.717) is 12.5 Å². The van der Waals surface area contributed by atoms with E-state index >= 15 is 0 Å². The molecule has 1 heterocycles. The normalized spacial score (nSPS) is 18.5. The lowest BCUT2D eigenvalue weighted by molar-refractivity contribution is 0.254. The third-order valence-corrected chi connectivity index (χ3v) is 3.88. The average Bonchev–Trinajstić information content (AvgIpc) is 2.78. The van der Waals surface area contributed by atoms with Crippen molar-refractivity contribution in [2.24, 2.45) is 5.92 Å². The van der Waals surface area contributed by atoms with Crippen molar-refractivity contribution < 1.29 is 9.47 Å². The highest BCUT2D eigenvalue weighted by Crippen LogP contribution is 2.35. The summed E-state index contributed by atoms with van der Waals surface area (Å²) in [6.45, 7) is 11.2. The minimum Gasteiger partial charge on any atom is -0.494 e. The van der Waals surface area contributed by atoms with Gasteiger partial charge in [0.2, 0.25) is 0 Å². The molecule has 0 bridgehead atoms. The van der Waals surface area contributed by atoms with Gasteiger partial charge in [0.1, 0.15) is 17.6 Å². The highest BCUT2D eigenvalue weighted by Gasteiger charge is 2.21. The Morgan fingerprint density at radius 1 is 1.40 bits per heavy atom. The maximum Gasteiger partial charge on any atom is 0.124 e. The Hall–Kier alpha value is -1.22. The smallest absolute Gasteiger partial charge is 0.124 e. The summed E-state index contributed by atoms with van der Waals surface area (Å²) in [6, 6.07) is 4.30. The first-order valence-corrected chi connectivity index (χ1v) is 7.80. The third-order valence-electron chi connectivity index (χ3n) is 3.88. The SMILES string of the molecule is CCOc1cc2c(cc1CNCC(C)CC)OC(C)C2. The van der Waals surface area contributed by atoms with E-state index in [1.165, 1.54) is 17.5 Å². The molecule has 0 aliphatic carbocycles. The quantitative estimate of drug-likeness (QED) is 0.827. The summed E-state index contributed by atoms with van der Waals surface area (Å²) in [5.74, 6) is 2.73. The number of hydrogen-bond acceptors (Lipinski definition) is 3. The number of fused-ring (bicyclic) bond motifs is 1. The highest BCUT2D eigenvalue weighted by molar-refractivity contribution is 5.48. The topological polar surface area (TPSA) is 30.5 Å². The number of ether oxygens (including phenoxy) is 2. The molecule has 20 heavy (non-hydrogen) atoms. The third kappa shape index (κ3) is 3.66. The van der Waals surface area contributed by atoms with Gasteiger partial charge in [0.15, 0.2) is 0 Å². The van der Waals surface area contributed by atoms with Gasteiger partial charge in [0.25, 0.3) is 0 Å². The molecular formula is C17H27NO2. The van der Waals surface area contributed by atoms with E-state index in [4.69, 9.17) is 9.47 Å². The second-order valence-corrected chi connectivity index (χ2v) is 5.78. The van der Waals surface area contributed by atoms with Crippen LogP contribution in [0.2, 0.25) is 0 Å². The van der Waals surface area contributed by atoms with Crippen LogP contribution in [0.25, 0.3) is 0 Å². The van der Waals surface area contributed by atoms with Crippen LogP contribution in [0.3, 0.4) is 0 Å². The van der Waals surface area contributed by atoms with E-state index in [2.05, 4.69) is 38.2 Å². The van der Waals surface area contributed by atoms with Gasteiger partial charge in [0, 0.05) is 24.1 Å². The lowest BCUT2D eigenvalue weighted by Crippen LogP contribution is -2.20. The van der Waals surface area contributed by atoms with Gasteiger partial charge in [-0.2, -0.15) is 0 Å². The van der Waals surface area contributed by atoms with E-state index in [1.807, 2.05) is 6.92 Å². The summed E-state index contributed by atoms with van der Waals surface area (Å²) in [5.41, 5.74) is 2.47. The maximum atomic E-state index is 5.85. The molecule has 0 radical (unpaired) electrons. The summed E-state index contributed by atoms with van der Waals surface area (Å²) < 4.78 is 11.6. The molecule has 0 fully saturated rings. The molecular weight excluding hydrogens is 250 g/mol. The second kappa shape index (κ2) is 6.98. The van der Waals surface area contributed by atoms with Gasteiger partial charge in [-0.1, -0.05) is 20.3 Å². The van der Waals surface area contributed by atoms with Crippen molar-refractivity contribution >= 4 is 0 Å². The van der Waals surface area contributed by atoms with Crippen molar-refractivity contribution in [3.05, 3.63) is 23.3 Å². The van der Waals surface area contributed by atoms with E-state index in [9.17, 15) is 0 Å². The monoisotopic (exact) mass is 277 g/mol. The predicted octanol–water partition coefficient (Wildman–Crippen LogP) is 3.54. The van der Waals surface area contributed by atoms with Crippen LogP contribution in [0.4, 0.5) is 0 Å². The lowest BCUT2D eigenvalue weighted by Gasteiger charge is -2.15. The van der Waals surface area contributed by atoms with Gasteiger partial charge < -0.3 is 14.8 Å². The number of hydrogen-bond donors (Lipinski definition) is 1. The fourth-order valence-electron chi connectivity index (χ4n) is 2.51. The van der Waals surface area contributed by atoms with Gasteiger partial charge in [0.05, 0.1) is 6.61 Å². The molecule has 1 aliphatic heterocycles. The molecule has 1 aromatic rings. The van der Waals surface area contributed by atoms with Crippen LogP contribution in [0, 0.1) is 5.92 Å². The minimum absolute atomic E-state index is 0.280. The zero-order valence-corrected chi connectivity index (χ0v) is 13.2. The molecule has 2 atom stereocenters. The lowest BCUT2D eigenvalue weighted by atomic mass is 10.1. The van der Waals surface area contributed by atoms with Crippen LogP contribution in [0.5, 0.6) is 11.5 Å². The Balaban J connectivity index is 2.08. The van der Waals surface area contributed by atoms with Crippen LogP contribution in [-0.4, -0.2) is 19.3 Å². The number of nitrogens with one attached hydrogen (secondary N) is 1. The zero-order chi connectivity index (χ0) is 14.5. The highest BCUT2D eigenvalue weighted by atomic mass is 16.5. The maximum absolute atomic E-state index is 5.85. The first kappa shape index (κ1) is 15.2. The van der Waals surface area contributed by atoms with Crippen molar-refractivity contribution in [1.29, 1.82) is 0 Å². The average molecular weight is 277 g/mol. The standard InChI is InChI=1S/C17H27NO2/c1-5-12(3)10-18-11-15-9-17-14(7-13(4)20-17)8-16(15)19-6-2/h8-9,12-13,18H,5-7,10-11H2,1-4H3. The molecule has 3 nitrogen and oxygen atoms in total. The molecule has 0 saturated heterocycles. The molecule has 3 heteroatoms. The van der Waals surface area contributed by atoms with Crippen molar-refractivity contribution in [2.75, 3.05) is 13.2 Å². The van der Waals surface area contributed by atoms with E-state index < -0.39 is 0 Å². The molecule has 0 aromatic heterocycles. The Labute approximate surface area is 122 Å². The van der Waals surface area contributed by atoms with Crippen molar-refractivity contribution in [3.8, 4) is 11.5 Å². The molecule has 2 rings (SSSR count). The van der Waals surface area contributed by atoms with Crippen LogP contribution in [0.15, 0.2) is 12.1 Å². The first-order chi connectivity index (χ1) is 9.63. The van der Waals surface area contributed by atoms with Gasteiger partial charge in [-0.05, 0) is 38.4 Å². The summed E-state index contributed by atoms with van der Waals surface area (Å²) in [6.07, 6.45) is 2.47. The first-order valence-electron chi connectivity index (χ1n) is 7.80. The molecule has 112 valence electrons. The molecule has 1 aliphatic rings. The second-order valence-electron chi connectivity index (χ2n) is 5.78. The zero-order valence-electron chi connectivity index (χ0n) is 13.2. The largest absolute Gasteiger partial charge is 0.494 e. The Bertz CT molecular complexity index is 445. The van der Waals surface area contributed by atoms with Crippen LogP contribution in [0.1, 0.15) is 45.2 Å². The Morgan fingerprint density at radius 2 is 2.20 bits per heavy atom. The molecule has 1 aromatic carbocycles. The van der Waals surface area contributed by atoms with E-state index in [1.54, 1.807) is 0 Å². The summed E-state index contributed by atoms with van der Waals surface area (Å²) in [7, 11) is 0. The summed E-state index contributed by atoms with van der Waals surface area (Å²) in [5, 5.41) is 3.52.